The SMILES string of the molecule is COC(=O)CC1(CSCC2COc3ccccc3O2)CC1. The molecule has 1 atom stereocenters. The third-order valence-electron chi connectivity index (χ3n) is 3.98. The van der Waals surface area contributed by atoms with Gasteiger partial charge in [0.25, 0.3) is 0 Å². The second-order valence-electron chi connectivity index (χ2n) is 5.77. The molecule has 0 radical (unpaired) electrons. The van der Waals surface area contributed by atoms with Gasteiger partial charge in [0.1, 0.15) is 12.7 Å². The summed E-state index contributed by atoms with van der Waals surface area (Å²) in [6, 6.07) is 7.76. The van der Waals surface area contributed by atoms with E-state index in [0.717, 1.165) is 35.8 Å². The lowest BCUT2D eigenvalue weighted by Crippen LogP contribution is -2.31. The fourth-order valence-electron chi connectivity index (χ4n) is 2.48. The molecule has 1 aromatic carbocycles. The van der Waals surface area contributed by atoms with Gasteiger partial charge in [-0.1, -0.05) is 12.1 Å². The van der Waals surface area contributed by atoms with Gasteiger partial charge in [-0.25, -0.2) is 0 Å². The number of hydrogen-bond acceptors (Lipinski definition) is 5. The second kappa shape index (κ2) is 6.18. The summed E-state index contributed by atoms with van der Waals surface area (Å²) in [5.74, 6) is 3.42. The predicted molar refractivity (Wildman–Crippen MR) is 82.0 cm³/mol. The molecule has 1 saturated carbocycles. The summed E-state index contributed by atoms with van der Waals surface area (Å²) in [4.78, 5) is 11.4. The number of thioether (sulfide) groups is 1. The van der Waals surface area contributed by atoms with E-state index in [2.05, 4.69) is 0 Å². The van der Waals surface area contributed by atoms with Gasteiger partial charge in [0.15, 0.2) is 11.5 Å². The highest BCUT2D eigenvalue weighted by atomic mass is 32.2. The lowest BCUT2D eigenvalue weighted by molar-refractivity contribution is -0.141. The number of esters is 1. The van der Waals surface area contributed by atoms with Crippen molar-refractivity contribution in [2.45, 2.75) is 25.4 Å². The Labute approximate surface area is 129 Å². The molecule has 1 fully saturated rings. The molecule has 1 aliphatic heterocycles. The van der Waals surface area contributed by atoms with Crippen LogP contribution >= 0.6 is 11.8 Å². The van der Waals surface area contributed by atoms with Crippen LogP contribution in [0.3, 0.4) is 0 Å². The van der Waals surface area contributed by atoms with Crippen LogP contribution in [-0.4, -0.2) is 37.3 Å². The number of hydrogen-bond donors (Lipinski definition) is 0. The Kier molecular flexibility index (Phi) is 4.29. The van der Waals surface area contributed by atoms with Crippen molar-refractivity contribution < 1.29 is 19.0 Å². The first-order chi connectivity index (χ1) is 10.2. The normalized spacial score (nSPS) is 21.7. The van der Waals surface area contributed by atoms with E-state index in [1.165, 1.54) is 7.11 Å². The lowest BCUT2D eigenvalue weighted by atomic mass is 10.1. The van der Waals surface area contributed by atoms with Gasteiger partial charge in [-0.15, -0.1) is 0 Å². The maximum Gasteiger partial charge on any atom is 0.306 e. The highest BCUT2D eigenvalue weighted by Gasteiger charge is 2.44. The van der Waals surface area contributed by atoms with E-state index in [0.29, 0.717) is 13.0 Å². The van der Waals surface area contributed by atoms with Crippen molar-refractivity contribution in [3.8, 4) is 11.5 Å². The Morgan fingerprint density at radius 2 is 2.14 bits per heavy atom. The van der Waals surface area contributed by atoms with E-state index in [9.17, 15) is 4.79 Å². The van der Waals surface area contributed by atoms with Crippen LogP contribution in [0, 0.1) is 5.41 Å². The fourth-order valence-corrected chi connectivity index (χ4v) is 3.85. The first kappa shape index (κ1) is 14.6. The number of benzene rings is 1. The summed E-state index contributed by atoms with van der Waals surface area (Å²) in [7, 11) is 1.45. The molecule has 5 heteroatoms. The van der Waals surface area contributed by atoms with Gasteiger partial charge in [0.2, 0.25) is 0 Å². The Bertz CT molecular complexity index is 513. The zero-order valence-corrected chi connectivity index (χ0v) is 13.0. The van der Waals surface area contributed by atoms with E-state index in [-0.39, 0.29) is 17.5 Å². The molecule has 0 saturated heterocycles. The average molecular weight is 308 g/mol. The zero-order valence-electron chi connectivity index (χ0n) is 12.2. The number of para-hydroxylation sites is 2. The summed E-state index contributed by atoms with van der Waals surface area (Å²) in [5, 5.41) is 0. The van der Waals surface area contributed by atoms with Gasteiger partial charge in [-0.3, -0.25) is 4.79 Å². The van der Waals surface area contributed by atoms with Crippen molar-refractivity contribution in [2.75, 3.05) is 25.2 Å². The minimum atomic E-state index is -0.0979. The second-order valence-corrected chi connectivity index (χ2v) is 6.80. The van der Waals surface area contributed by atoms with Crippen LogP contribution in [0.15, 0.2) is 24.3 Å². The topological polar surface area (TPSA) is 44.8 Å². The van der Waals surface area contributed by atoms with Gasteiger partial charge >= 0.3 is 5.97 Å². The molecule has 4 nitrogen and oxygen atoms in total. The van der Waals surface area contributed by atoms with Crippen LogP contribution in [0.4, 0.5) is 0 Å². The molecule has 3 rings (SSSR count). The summed E-state index contributed by atoms with van der Waals surface area (Å²) in [6.07, 6.45) is 2.88. The summed E-state index contributed by atoms with van der Waals surface area (Å²) >= 11 is 1.84. The lowest BCUT2D eigenvalue weighted by Gasteiger charge is -2.26. The number of carbonyl (C=O) groups is 1. The van der Waals surface area contributed by atoms with Crippen molar-refractivity contribution in [1.82, 2.24) is 0 Å². The van der Waals surface area contributed by atoms with E-state index < -0.39 is 0 Å². The molecule has 0 amide bonds. The average Bonchev–Trinajstić information content (AvgIpc) is 3.26. The largest absolute Gasteiger partial charge is 0.486 e. The van der Waals surface area contributed by atoms with E-state index in [1.54, 1.807) is 0 Å². The third-order valence-corrected chi connectivity index (χ3v) is 5.41. The molecule has 0 N–H and O–H groups in total. The molecule has 0 aromatic heterocycles. The number of methoxy groups -OCH3 is 1. The first-order valence-electron chi connectivity index (χ1n) is 7.24. The third kappa shape index (κ3) is 3.64. The Morgan fingerprint density at radius 1 is 1.38 bits per heavy atom. The monoisotopic (exact) mass is 308 g/mol. The van der Waals surface area contributed by atoms with Crippen LogP contribution in [0.5, 0.6) is 11.5 Å². The van der Waals surface area contributed by atoms with E-state index >= 15 is 0 Å². The predicted octanol–water partition coefficient (Wildman–Crippen LogP) is 2.90. The van der Waals surface area contributed by atoms with E-state index in [4.69, 9.17) is 14.2 Å². The van der Waals surface area contributed by atoms with Gasteiger partial charge in [0, 0.05) is 5.75 Å². The minimum Gasteiger partial charge on any atom is -0.486 e. The molecule has 1 aromatic rings. The van der Waals surface area contributed by atoms with Crippen molar-refractivity contribution in [3.63, 3.8) is 0 Å². The van der Waals surface area contributed by atoms with Crippen LogP contribution in [0.1, 0.15) is 19.3 Å². The Balaban J connectivity index is 1.44. The molecule has 1 heterocycles. The smallest absolute Gasteiger partial charge is 0.306 e. The van der Waals surface area contributed by atoms with Crippen molar-refractivity contribution in [1.29, 1.82) is 0 Å². The van der Waals surface area contributed by atoms with Gasteiger partial charge in [-0.2, -0.15) is 11.8 Å². The molecule has 1 aliphatic carbocycles. The molecule has 0 bridgehead atoms. The van der Waals surface area contributed by atoms with Crippen LogP contribution in [-0.2, 0) is 9.53 Å². The van der Waals surface area contributed by atoms with Crippen molar-refractivity contribution in [3.05, 3.63) is 24.3 Å². The molecule has 0 spiro atoms. The number of ether oxygens (including phenoxy) is 3. The maximum absolute atomic E-state index is 11.4. The van der Waals surface area contributed by atoms with Crippen LogP contribution < -0.4 is 9.47 Å². The van der Waals surface area contributed by atoms with Gasteiger partial charge in [-0.05, 0) is 36.1 Å². The number of carbonyl (C=O) groups excluding carboxylic acids is 1. The summed E-state index contributed by atoms with van der Waals surface area (Å²) in [6.45, 7) is 0.591. The highest BCUT2D eigenvalue weighted by molar-refractivity contribution is 7.99. The Morgan fingerprint density at radius 3 is 2.86 bits per heavy atom. The number of fused-ring (bicyclic) bond motifs is 1. The quantitative estimate of drug-likeness (QED) is 0.756. The van der Waals surface area contributed by atoms with Crippen LogP contribution in [0.25, 0.3) is 0 Å². The highest BCUT2D eigenvalue weighted by Crippen LogP contribution is 2.51. The molecular formula is C16H20O4S. The minimum absolute atomic E-state index is 0.0822. The fraction of sp³-hybridized carbons (Fsp3) is 0.562. The van der Waals surface area contributed by atoms with Crippen molar-refractivity contribution in [2.24, 2.45) is 5.41 Å². The molecule has 21 heavy (non-hydrogen) atoms. The molecular weight excluding hydrogens is 288 g/mol. The Hall–Kier alpha value is -1.36. The van der Waals surface area contributed by atoms with Gasteiger partial charge in [0.05, 0.1) is 13.5 Å². The number of rotatable bonds is 6. The molecule has 114 valence electrons. The standard InChI is InChI=1S/C16H20O4S/c1-18-15(17)8-16(6-7-16)11-21-10-12-9-19-13-4-2-3-5-14(13)20-12/h2-5,12H,6-11H2,1H3. The van der Waals surface area contributed by atoms with Gasteiger partial charge < -0.3 is 14.2 Å². The summed E-state index contributed by atoms with van der Waals surface area (Å²) in [5.41, 5.74) is 0.172. The van der Waals surface area contributed by atoms with Crippen LogP contribution in [0.2, 0.25) is 0 Å². The van der Waals surface area contributed by atoms with E-state index in [1.807, 2.05) is 36.0 Å². The summed E-state index contributed by atoms with van der Waals surface area (Å²) < 4.78 is 16.4. The molecule has 1 unspecified atom stereocenters. The zero-order chi connectivity index (χ0) is 14.7. The first-order valence-corrected chi connectivity index (χ1v) is 8.39. The van der Waals surface area contributed by atoms with Crippen molar-refractivity contribution >= 4 is 17.7 Å². The molecule has 2 aliphatic rings. The maximum atomic E-state index is 11.4.